The normalized spacial score (nSPS) is 13.3. The zero-order valence-corrected chi connectivity index (χ0v) is 17.1. The Labute approximate surface area is 175 Å². The van der Waals surface area contributed by atoms with Crippen molar-refractivity contribution in [3.8, 4) is 5.75 Å². The van der Waals surface area contributed by atoms with Gasteiger partial charge in [0.05, 0.1) is 12.7 Å². The zero-order chi connectivity index (χ0) is 20.2. The van der Waals surface area contributed by atoms with E-state index in [1.807, 2.05) is 48.5 Å². The van der Waals surface area contributed by atoms with Crippen molar-refractivity contribution in [2.24, 2.45) is 0 Å². The van der Waals surface area contributed by atoms with Crippen LogP contribution in [-0.2, 0) is 0 Å². The second-order valence-electron chi connectivity index (χ2n) is 7.05. The van der Waals surface area contributed by atoms with Gasteiger partial charge in [-0.05, 0) is 66.2 Å². The summed E-state index contributed by atoms with van der Waals surface area (Å²) in [5.74, 6) is 0.209. The minimum Gasteiger partial charge on any atom is -0.496 e. The summed E-state index contributed by atoms with van der Waals surface area (Å²) in [7, 11) is 1.56. The number of nitrogens with zero attached hydrogens (tertiary/aromatic N) is 1. The van der Waals surface area contributed by atoms with Crippen LogP contribution >= 0.6 is 12.2 Å². The second kappa shape index (κ2) is 8.49. The third-order valence-electron chi connectivity index (χ3n) is 5.11. The van der Waals surface area contributed by atoms with Crippen molar-refractivity contribution < 1.29 is 9.53 Å². The minimum atomic E-state index is -0.305. The summed E-state index contributed by atoms with van der Waals surface area (Å²) in [6, 6.07) is 19.6. The van der Waals surface area contributed by atoms with E-state index in [-0.39, 0.29) is 11.0 Å². The van der Waals surface area contributed by atoms with Gasteiger partial charge >= 0.3 is 0 Å². The predicted molar refractivity (Wildman–Crippen MR) is 122 cm³/mol. The number of carbonyl (C=O) groups is 1. The summed E-state index contributed by atoms with van der Waals surface area (Å²) >= 11 is 5.37. The average molecular weight is 406 g/mol. The van der Waals surface area contributed by atoms with Crippen LogP contribution in [0.1, 0.15) is 23.2 Å². The van der Waals surface area contributed by atoms with Crippen LogP contribution in [0.15, 0.2) is 60.7 Å². The first-order valence-electron chi connectivity index (χ1n) is 9.68. The fraction of sp³-hybridized carbons (Fsp3) is 0.217. The van der Waals surface area contributed by atoms with Gasteiger partial charge in [-0.15, -0.1) is 0 Å². The molecule has 0 radical (unpaired) electrons. The maximum atomic E-state index is 12.8. The van der Waals surface area contributed by atoms with Crippen LogP contribution in [0.2, 0.25) is 0 Å². The van der Waals surface area contributed by atoms with Gasteiger partial charge in [-0.25, -0.2) is 0 Å². The first-order valence-corrected chi connectivity index (χ1v) is 10.1. The zero-order valence-electron chi connectivity index (χ0n) is 16.3. The van der Waals surface area contributed by atoms with Crippen LogP contribution in [0.25, 0.3) is 10.8 Å². The maximum Gasteiger partial charge on any atom is 0.261 e. The lowest BCUT2D eigenvalue weighted by atomic mass is 10.1. The van der Waals surface area contributed by atoms with Crippen molar-refractivity contribution in [1.82, 2.24) is 5.32 Å². The lowest BCUT2D eigenvalue weighted by molar-refractivity contribution is 0.0975. The molecule has 0 unspecified atom stereocenters. The molecule has 1 heterocycles. The molecule has 1 saturated heterocycles. The van der Waals surface area contributed by atoms with Crippen LogP contribution in [0, 0.1) is 0 Å². The van der Waals surface area contributed by atoms with E-state index in [9.17, 15) is 4.79 Å². The van der Waals surface area contributed by atoms with Crippen molar-refractivity contribution in [3.63, 3.8) is 0 Å². The molecule has 0 saturated carbocycles. The molecule has 6 heteroatoms. The molecule has 0 atom stereocenters. The number of carbonyl (C=O) groups excluding carboxylic acids is 1. The molecule has 4 rings (SSSR count). The van der Waals surface area contributed by atoms with Gasteiger partial charge in [0.1, 0.15) is 5.75 Å². The lowest BCUT2D eigenvalue weighted by Crippen LogP contribution is -2.34. The number of rotatable bonds is 4. The summed E-state index contributed by atoms with van der Waals surface area (Å²) in [5, 5.41) is 8.11. The van der Waals surface area contributed by atoms with Gasteiger partial charge in [-0.3, -0.25) is 10.1 Å². The fourth-order valence-corrected chi connectivity index (χ4v) is 3.86. The number of amides is 1. The molecule has 1 aliphatic heterocycles. The SMILES string of the molecule is COc1cc2ccccc2cc1C(=O)NC(=S)Nc1cccc(N2CCCC2)c1. The van der Waals surface area contributed by atoms with Crippen LogP contribution < -0.4 is 20.3 Å². The first-order chi connectivity index (χ1) is 14.1. The Hall–Kier alpha value is -3.12. The van der Waals surface area contributed by atoms with Crippen molar-refractivity contribution in [2.45, 2.75) is 12.8 Å². The second-order valence-corrected chi connectivity index (χ2v) is 7.46. The molecule has 29 heavy (non-hydrogen) atoms. The first kappa shape index (κ1) is 19.2. The summed E-state index contributed by atoms with van der Waals surface area (Å²) < 4.78 is 5.42. The van der Waals surface area contributed by atoms with Crippen molar-refractivity contribution in [1.29, 1.82) is 0 Å². The van der Waals surface area contributed by atoms with Crippen LogP contribution in [0.4, 0.5) is 11.4 Å². The monoisotopic (exact) mass is 405 g/mol. The van der Waals surface area contributed by atoms with E-state index in [4.69, 9.17) is 17.0 Å². The van der Waals surface area contributed by atoms with Gasteiger partial charge in [0.15, 0.2) is 5.11 Å². The van der Waals surface area contributed by atoms with Crippen LogP contribution in [0.5, 0.6) is 5.75 Å². The highest BCUT2D eigenvalue weighted by Gasteiger charge is 2.16. The molecular weight excluding hydrogens is 382 g/mol. The molecule has 0 aliphatic carbocycles. The van der Waals surface area contributed by atoms with Gasteiger partial charge in [-0.1, -0.05) is 30.3 Å². The number of hydrogen-bond acceptors (Lipinski definition) is 4. The Morgan fingerprint density at radius 3 is 2.45 bits per heavy atom. The van der Waals surface area contributed by atoms with E-state index < -0.39 is 0 Å². The molecule has 2 N–H and O–H groups in total. The minimum absolute atomic E-state index is 0.254. The summed E-state index contributed by atoms with van der Waals surface area (Å²) in [4.78, 5) is 15.2. The van der Waals surface area contributed by atoms with Gasteiger partial charge < -0.3 is 15.0 Å². The van der Waals surface area contributed by atoms with E-state index in [1.165, 1.54) is 12.8 Å². The van der Waals surface area contributed by atoms with Crippen LogP contribution in [0.3, 0.4) is 0 Å². The Balaban J connectivity index is 1.48. The molecule has 3 aromatic carbocycles. The number of nitrogens with one attached hydrogen (secondary N) is 2. The van der Waals surface area contributed by atoms with E-state index in [0.29, 0.717) is 11.3 Å². The van der Waals surface area contributed by atoms with Crippen LogP contribution in [-0.4, -0.2) is 31.2 Å². The Morgan fingerprint density at radius 1 is 1.00 bits per heavy atom. The molecule has 5 nitrogen and oxygen atoms in total. The topological polar surface area (TPSA) is 53.6 Å². The molecule has 1 amide bonds. The molecule has 0 spiro atoms. The summed E-state index contributed by atoms with van der Waals surface area (Å²) in [6.07, 6.45) is 2.44. The lowest BCUT2D eigenvalue weighted by Gasteiger charge is -2.19. The molecular formula is C23H23N3O2S. The number of hydrogen-bond donors (Lipinski definition) is 2. The van der Waals surface area contributed by atoms with Gasteiger partial charge in [0, 0.05) is 24.5 Å². The Bertz CT molecular complexity index is 1060. The van der Waals surface area contributed by atoms with E-state index in [0.717, 1.165) is 35.2 Å². The van der Waals surface area contributed by atoms with E-state index in [2.05, 4.69) is 27.7 Å². The number of ether oxygens (including phenoxy) is 1. The highest BCUT2D eigenvalue weighted by Crippen LogP contribution is 2.26. The third kappa shape index (κ3) is 4.32. The van der Waals surface area contributed by atoms with Gasteiger partial charge in [-0.2, -0.15) is 0 Å². The largest absolute Gasteiger partial charge is 0.496 e. The molecule has 3 aromatic rings. The number of methoxy groups -OCH3 is 1. The molecule has 1 fully saturated rings. The fourth-order valence-electron chi connectivity index (χ4n) is 3.65. The third-order valence-corrected chi connectivity index (χ3v) is 5.32. The quantitative estimate of drug-likeness (QED) is 0.623. The molecule has 0 aromatic heterocycles. The summed E-state index contributed by atoms with van der Waals surface area (Å²) in [6.45, 7) is 2.15. The van der Waals surface area contributed by atoms with Crippen molar-refractivity contribution >= 4 is 45.4 Å². The number of thiocarbonyl (C=S) groups is 1. The number of fused-ring (bicyclic) bond motifs is 1. The Morgan fingerprint density at radius 2 is 1.72 bits per heavy atom. The molecule has 0 bridgehead atoms. The highest BCUT2D eigenvalue weighted by atomic mass is 32.1. The van der Waals surface area contributed by atoms with Gasteiger partial charge in [0.25, 0.3) is 5.91 Å². The predicted octanol–water partition coefficient (Wildman–Crippen LogP) is 4.58. The average Bonchev–Trinajstić information content (AvgIpc) is 3.27. The maximum absolute atomic E-state index is 12.8. The molecule has 1 aliphatic rings. The van der Waals surface area contributed by atoms with Crippen molar-refractivity contribution in [3.05, 3.63) is 66.2 Å². The highest BCUT2D eigenvalue weighted by molar-refractivity contribution is 7.80. The Kier molecular flexibility index (Phi) is 5.62. The van der Waals surface area contributed by atoms with E-state index >= 15 is 0 Å². The van der Waals surface area contributed by atoms with E-state index in [1.54, 1.807) is 7.11 Å². The standard InChI is InChI=1S/C23H23N3O2S/c1-28-21-14-17-8-3-2-7-16(17)13-20(21)22(27)25-23(29)24-18-9-6-10-19(15-18)26-11-4-5-12-26/h2-3,6-10,13-15H,4-5,11-12H2,1H3,(H2,24,25,27,29). The smallest absolute Gasteiger partial charge is 0.261 e. The summed E-state index contributed by atoms with van der Waals surface area (Å²) in [5.41, 5.74) is 2.46. The number of benzene rings is 3. The number of anilines is 2. The van der Waals surface area contributed by atoms with Gasteiger partial charge in [0.2, 0.25) is 0 Å². The van der Waals surface area contributed by atoms with Crippen molar-refractivity contribution in [2.75, 3.05) is 30.4 Å². The molecule has 148 valence electrons.